The van der Waals surface area contributed by atoms with E-state index in [2.05, 4.69) is 57.8 Å². The van der Waals surface area contributed by atoms with Crippen molar-refractivity contribution in [3.63, 3.8) is 0 Å². The average molecular weight is 1770 g/mol. The van der Waals surface area contributed by atoms with Gasteiger partial charge in [-0.3, -0.25) is 76.7 Å². The van der Waals surface area contributed by atoms with Gasteiger partial charge < -0.3 is 115 Å². The van der Waals surface area contributed by atoms with Gasteiger partial charge in [0.2, 0.25) is 88.6 Å². The Morgan fingerprint density at radius 1 is 0.587 bits per heavy atom. The van der Waals surface area contributed by atoms with Gasteiger partial charge in [-0.05, 0) is 91.8 Å². The highest BCUT2D eigenvalue weighted by Crippen LogP contribution is 2.31. The maximum atomic E-state index is 15.7. The van der Waals surface area contributed by atoms with Gasteiger partial charge in [0.15, 0.2) is 0 Å². The number of para-hydroxylation sites is 2. The van der Waals surface area contributed by atoms with Gasteiger partial charge in [-0.2, -0.15) is 0 Å². The van der Waals surface area contributed by atoms with E-state index in [9.17, 15) is 58.5 Å². The maximum Gasteiger partial charge on any atom is 0.270 e. The number of nitrogens with two attached hydrogens (primary N) is 3. The molecule has 0 aliphatic carbocycles. The van der Waals surface area contributed by atoms with Gasteiger partial charge in [0, 0.05) is 106 Å². The Labute approximate surface area is 735 Å². The van der Waals surface area contributed by atoms with E-state index < -0.39 is 235 Å². The summed E-state index contributed by atoms with van der Waals surface area (Å²) in [6.07, 6.45) is 3.69. The Kier molecular flexibility index (Phi) is 36.6. The number of phenols is 1. The molecular formula is C87H123N19O19S. The molecule has 3 fully saturated rings. The Balaban J connectivity index is 1.17. The average Bonchev–Trinajstić information content (AvgIpc) is 1.56. The fraction of sp³-hybridized carbons (Fsp3) is 0.540. The van der Waals surface area contributed by atoms with E-state index in [4.69, 9.17) is 17.2 Å². The van der Waals surface area contributed by atoms with E-state index in [0.29, 0.717) is 64.2 Å². The first-order chi connectivity index (χ1) is 59.8. The van der Waals surface area contributed by atoms with Crippen molar-refractivity contribution in [2.45, 2.75) is 229 Å². The summed E-state index contributed by atoms with van der Waals surface area (Å²) in [5.41, 5.74) is 20.1. The monoisotopic (exact) mass is 1770 g/mol. The van der Waals surface area contributed by atoms with E-state index in [1.165, 1.54) is 68.2 Å². The molecule has 39 heteroatoms. The van der Waals surface area contributed by atoms with Gasteiger partial charge in [-0.1, -0.05) is 129 Å². The third-order valence-corrected chi connectivity index (χ3v) is 24.0. The predicted molar refractivity (Wildman–Crippen MR) is 468 cm³/mol. The molecule has 0 unspecified atom stereocenters. The Hall–Kier alpha value is -12.0. The van der Waals surface area contributed by atoms with Crippen LogP contribution in [-0.4, -0.2) is 288 Å². The second-order valence-electron chi connectivity index (χ2n) is 33.3. The number of nitrogens with zero attached hydrogens (tertiary/aromatic N) is 5. The number of unbranched alkanes of at least 4 members (excludes halogenated alkanes) is 2. The van der Waals surface area contributed by atoms with Crippen molar-refractivity contribution in [1.29, 1.82) is 0 Å². The first kappa shape index (κ1) is 99.5. The molecule has 8 rings (SSSR count). The number of allylic oxidation sites excluding steroid dienone is 1. The predicted octanol–water partition coefficient (Wildman–Crippen LogP) is -0.583. The van der Waals surface area contributed by atoms with Crippen molar-refractivity contribution in [1.82, 2.24) is 82.3 Å². The largest absolute Gasteiger partial charge is 0.508 e. The molecule has 0 bridgehead atoms. The molecule has 3 aliphatic heterocycles. The minimum Gasteiger partial charge on any atom is -0.508 e. The van der Waals surface area contributed by atoms with Crippen LogP contribution in [-0.2, 0) is 89.6 Å². The van der Waals surface area contributed by atoms with Crippen LogP contribution in [0, 0.1) is 11.8 Å². The van der Waals surface area contributed by atoms with Crippen LogP contribution < -0.4 is 65.1 Å². The molecule has 3 aromatic carbocycles. The van der Waals surface area contributed by atoms with Crippen LogP contribution in [0.25, 0.3) is 21.8 Å². The Bertz CT molecular complexity index is 4790. The van der Waals surface area contributed by atoms with Gasteiger partial charge in [-0.25, -0.2) is 0 Å². The molecule has 126 heavy (non-hydrogen) atoms. The molecule has 38 nitrogen and oxygen atoms in total. The van der Waals surface area contributed by atoms with E-state index >= 15 is 33.6 Å². The molecule has 5 heterocycles. The molecule has 0 radical (unpaired) electrons. The number of benzene rings is 3. The fourth-order valence-electron chi connectivity index (χ4n) is 15.8. The molecule has 15 atom stereocenters. The number of carbonyl (C=O) groups is 16. The second-order valence-corrected chi connectivity index (χ2v) is 34.4. The number of rotatable bonds is 20. The third kappa shape index (κ3) is 26.1. The summed E-state index contributed by atoms with van der Waals surface area (Å²) in [5.74, 6) is -17.6. The number of thioether (sulfide) groups is 1. The number of phenolic OH excluding ortho intramolecular Hbond substituents is 1. The number of aromatic amines is 2. The molecule has 16 amide bonds. The van der Waals surface area contributed by atoms with Crippen molar-refractivity contribution in [3.05, 3.63) is 114 Å². The van der Waals surface area contributed by atoms with Crippen LogP contribution >= 0.6 is 11.8 Å². The number of amides is 16. The van der Waals surface area contributed by atoms with E-state index in [1.807, 2.05) is 13.8 Å². The van der Waals surface area contributed by atoms with E-state index in [-0.39, 0.29) is 68.9 Å². The van der Waals surface area contributed by atoms with E-state index in [1.54, 1.807) is 95.5 Å². The minimum atomic E-state index is -1.88. The number of fused-ring (bicyclic) bond motifs is 4. The van der Waals surface area contributed by atoms with Gasteiger partial charge in [0.1, 0.15) is 90.0 Å². The number of likely N-dealkylation sites (N-methyl/N-ethyl adjacent to an activating group) is 3. The number of aromatic hydroxyl groups is 1. The lowest BCUT2D eigenvalue weighted by Gasteiger charge is -2.36. The van der Waals surface area contributed by atoms with Crippen molar-refractivity contribution in [2.75, 3.05) is 58.9 Å². The van der Waals surface area contributed by atoms with Crippen LogP contribution in [0.4, 0.5) is 0 Å². The van der Waals surface area contributed by atoms with Gasteiger partial charge in [0.05, 0.1) is 24.9 Å². The number of H-pyrrole nitrogens is 2. The lowest BCUT2D eigenvalue weighted by Crippen LogP contribution is -2.61. The maximum absolute atomic E-state index is 15.7. The zero-order valence-corrected chi connectivity index (χ0v) is 74.0. The summed E-state index contributed by atoms with van der Waals surface area (Å²) in [4.78, 5) is 246. The number of aliphatic hydroxyl groups excluding tert-OH is 2. The zero-order valence-electron chi connectivity index (χ0n) is 73.2. The van der Waals surface area contributed by atoms with Crippen molar-refractivity contribution < 1.29 is 92.0 Å². The first-order valence-corrected chi connectivity index (χ1v) is 43.9. The molecule has 3 saturated heterocycles. The summed E-state index contributed by atoms with van der Waals surface area (Å²) in [7, 11) is 4.00. The van der Waals surface area contributed by atoms with Crippen LogP contribution in [0.15, 0.2) is 97.0 Å². The topological polar surface area (TPSA) is 568 Å². The SMILES string of the molecule is CCCC[C@H]1C(=O)N(C)[C@@H](CCCC)C(=O)N[C@@H](CC(C)C)C(=O)N[C@H](C(N)=O)CSCC(=O)N[C@@H](Cc2ccc(O)cc2)C(=O)N(C)[C@@H](C)C(=O)N[C@@H](CC(N)=O)C(=O)N2CCC[C@H]2C(=O)N[C@@H](CN)C(=O)N/C(=C\C(C)C)C(=O)N2C[C@H](O)C[C@H]2C(=O)N[C@@H]([C@@H](C)c2c[nH]c3ccccc23)C(=O)N[C@@H](CO)C(=O)N[C@@H](Cc2c[nH]c3ccccc23)C(=O)N1C. The van der Waals surface area contributed by atoms with Crippen molar-refractivity contribution >= 4 is 128 Å². The zero-order chi connectivity index (χ0) is 92.7. The summed E-state index contributed by atoms with van der Waals surface area (Å²) < 4.78 is 0. The van der Waals surface area contributed by atoms with Gasteiger partial charge in [-0.15, -0.1) is 11.8 Å². The van der Waals surface area contributed by atoms with Crippen LogP contribution in [0.3, 0.4) is 0 Å². The summed E-state index contributed by atoms with van der Waals surface area (Å²) in [6.45, 7) is 11.2. The standard InChI is InChI=1S/C87H123N19O19S/c1-12-14-25-67-79(117)94-59(33-46(3)4)76(114)100-66(74(90)112)44-126-45-72(111)93-61(35-50-28-30-52(108)31-29-50)83(121)102(9)49(8)75(113)95-63(38-71(89)110)85(123)105-32-20-27-68(105)80(118)98-64(39-88)77(115)96-60(34-47(5)6)86(124)106-42-53(109)37-70(106)81(119)101-73(48(7)56-41-92-58-24-19-17-22-55(56)58)82(120)99-65(43-107)78(116)97-62(36-51-40-91-57-23-18-16-21-54(51)57)84(122)104(11)69(26-15-13-2)87(125)103(67)10/h16-19,21-24,28-31,34,40-41,46-49,53,59,61-70,73,91-92,107-109H,12-15,20,25-27,32-33,35-39,42-45,88H2,1-11H3,(H2,89,110)(H2,90,112)(H,93,111)(H,94,117)(H,95,113)(H,96,115)(H,97,116)(H,98,118)(H,99,120)(H,100,114)(H,101,119)/b60-34-/t48-,49-,53+,59-,61-,62-,63-,64-,65-,66-,67-,68-,69-,70-,73-/m0/s1. The number of nitrogens with one attached hydrogen (secondary N) is 11. The molecule has 686 valence electrons. The Morgan fingerprint density at radius 2 is 1.16 bits per heavy atom. The van der Waals surface area contributed by atoms with Crippen molar-refractivity contribution in [3.8, 4) is 5.75 Å². The number of carbonyl (C=O) groups excluding carboxylic acids is 16. The summed E-state index contributed by atoms with van der Waals surface area (Å²) in [5, 5.41) is 57.8. The number of primary amides is 2. The van der Waals surface area contributed by atoms with Gasteiger partial charge >= 0.3 is 0 Å². The molecule has 2 aromatic heterocycles. The summed E-state index contributed by atoms with van der Waals surface area (Å²) in [6, 6.07) is 0.0453. The highest BCUT2D eigenvalue weighted by molar-refractivity contribution is 8.00. The lowest BCUT2D eigenvalue weighted by molar-refractivity contribution is -0.149. The van der Waals surface area contributed by atoms with Crippen molar-refractivity contribution in [2.24, 2.45) is 29.0 Å². The number of hydrogen-bond donors (Lipinski definition) is 17. The Morgan fingerprint density at radius 3 is 1.79 bits per heavy atom. The number of hydrogen-bond acceptors (Lipinski definition) is 21. The number of aliphatic hydroxyl groups is 2. The molecular weight excluding hydrogens is 1650 g/mol. The quantitative estimate of drug-likeness (QED) is 0.0433. The van der Waals surface area contributed by atoms with Gasteiger partial charge in [0.25, 0.3) is 5.91 Å². The normalized spacial score (nSPS) is 25.9. The highest BCUT2D eigenvalue weighted by Gasteiger charge is 2.46. The molecule has 0 spiro atoms. The van der Waals surface area contributed by atoms with Crippen LogP contribution in [0.2, 0.25) is 0 Å². The van der Waals surface area contributed by atoms with E-state index in [0.717, 1.165) is 26.5 Å². The lowest BCUT2D eigenvalue weighted by atomic mass is 9.91. The second kappa shape index (κ2) is 46.3. The summed E-state index contributed by atoms with van der Waals surface area (Å²) >= 11 is 0.835. The molecule has 0 saturated carbocycles. The number of aromatic nitrogens is 2. The van der Waals surface area contributed by atoms with Crippen LogP contribution in [0.5, 0.6) is 5.75 Å². The fourth-order valence-corrected chi connectivity index (χ4v) is 16.7. The smallest absolute Gasteiger partial charge is 0.270 e. The van der Waals surface area contributed by atoms with Crippen LogP contribution in [0.1, 0.15) is 149 Å². The molecule has 20 N–H and O–H groups in total. The minimum absolute atomic E-state index is 0.000296. The third-order valence-electron chi connectivity index (χ3n) is 23.0. The molecule has 5 aromatic rings. The highest BCUT2D eigenvalue weighted by atomic mass is 32.2. The first-order valence-electron chi connectivity index (χ1n) is 42.7. The molecule has 3 aliphatic rings.